The van der Waals surface area contributed by atoms with Gasteiger partial charge in [-0.1, -0.05) is 30.3 Å². The number of fused-ring (bicyclic) bond motifs is 1. The SMILES string of the molecule is O=C(NCCc1ccccc1)c1ccc2c(=O)n(CC3CCCO3)c(=S)[nH]c2c1. The Morgan fingerprint density at radius 3 is 2.83 bits per heavy atom. The Morgan fingerprint density at radius 2 is 2.07 bits per heavy atom. The molecule has 1 atom stereocenters. The third-order valence-corrected chi connectivity index (χ3v) is 5.52. The first-order chi connectivity index (χ1) is 14.1. The number of carbonyl (C=O) groups excluding carboxylic acids is 1. The number of nitrogens with one attached hydrogen (secondary N) is 2. The van der Waals surface area contributed by atoms with Crippen LogP contribution in [0.2, 0.25) is 0 Å². The molecule has 1 amide bonds. The highest BCUT2D eigenvalue weighted by atomic mass is 32.1. The van der Waals surface area contributed by atoms with E-state index in [0.29, 0.717) is 34.3 Å². The van der Waals surface area contributed by atoms with E-state index in [1.807, 2.05) is 30.3 Å². The number of rotatable bonds is 6. The molecular weight excluding hydrogens is 386 g/mol. The van der Waals surface area contributed by atoms with Gasteiger partial charge in [0.2, 0.25) is 0 Å². The lowest BCUT2D eigenvalue weighted by atomic mass is 10.1. The molecule has 1 saturated heterocycles. The van der Waals surface area contributed by atoms with Gasteiger partial charge in [-0.3, -0.25) is 14.2 Å². The Labute approximate surface area is 173 Å². The number of ether oxygens (including phenoxy) is 1. The largest absolute Gasteiger partial charge is 0.376 e. The van der Waals surface area contributed by atoms with Crippen molar-refractivity contribution >= 4 is 29.0 Å². The Balaban J connectivity index is 1.50. The van der Waals surface area contributed by atoms with E-state index in [2.05, 4.69) is 10.3 Å². The molecule has 3 aromatic rings. The van der Waals surface area contributed by atoms with Gasteiger partial charge in [-0.15, -0.1) is 0 Å². The molecule has 29 heavy (non-hydrogen) atoms. The molecule has 1 unspecified atom stereocenters. The predicted molar refractivity (Wildman–Crippen MR) is 115 cm³/mol. The zero-order valence-corrected chi connectivity index (χ0v) is 16.8. The maximum Gasteiger partial charge on any atom is 0.262 e. The van der Waals surface area contributed by atoms with Crippen LogP contribution >= 0.6 is 12.2 Å². The van der Waals surface area contributed by atoms with Gasteiger partial charge in [-0.2, -0.15) is 0 Å². The molecule has 2 N–H and O–H groups in total. The Hall–Kier alpha value is -2.77. The first-order valence-corrected chi connectivity index (χ1v) is 10.2. The van der Waals surface area contributed by atoms with Gasteiger partial charge in [0, 0.05) is 18.7 Å². The van der Waals surface area contributed by atoms with Gasteiger partial charge < -0.3 is 15.0 Å². The molecule has 2 heterocycles. The van der Waals surface area contributed by atoms with Crippen LogP contribution in [-0.4, -0.2) is 34.7 Å². The summed E-state index contributed by atoms with van der Waals surface area (Å²) in [6, 6.07) is 15.0. The van der Waals surface area contributed by atoms with Gasteiger partial charge in [-0.25, -0.2) is 0 Å². The minimum atomic E-state index is -0.175. The number of carbonyl (C=O) groups is 1. The average molecular weight is 410 g/mol. The third kappa shape index (κ3) is 4.46. The summed E-state index contributed by atoms with van der Waals surface area (Å²) >= 11 is 5.39. The van der Waals surface area contributed by atoms with Crippen LogP contribution in [0.3, 0.4) is 0 Å². The summed E-state index contributed by atoms with van der Waals surface area (Å²) in [7, 11) is 0. The lowest BCUT2D eigenvalue weighted by Crippen LogP contribution is -2.28. The number of aromatic nitrogens is 2. The number of nitrogens with zero attached hydrogens (tertiary/aromatic N) is 1. The van der Waals surface area contributed by atoms with Crippen molar-refractivity contribution in [1.82, 2.24) is 14.9 Å². The Bertz CT molecular complexity index is 1130. The summed E-state index contributed by atoms with van der Waals surface area (Å²) in [6.07, 6.45) is 2.72. The van der Waals surface area contributed by atoms with Crippen molar-refractivity contribution in [2.24, 2.45) is 0 Å². The lowest BCUT2D eigenvalue weighted by Gasteiger charge is -2.13. The Kier molecular flexibility index (Phi) is 5.87. The minimum Gasteiger partial charge on any atom is -0.376 e. The van der Waals surface area contributed by atoms with Crippen LogP contribution in [0.4, 0.5) is 0 Å². The van der Waals surface area contributed by atoms with Crippen molar-refractivity contribution in [3.63, 3.8) is 0 Å². The smallest absolute Gasteiger partial charge is 0.262 e. The fraction of sp³-hybridized carbons (Fsp3) is 0.318. The van der Waals surface area contributed by atoms with Gasteiger partial charge in [0.15, 0.2) is 4.77 Å². The van der Waals surface area contributed by atoms with E-state index in [4.69, 9.17) is 17.0 Å². The molecule has 0 saturated carbocycles. The van der Waals surface area contributed by atoms with Crippen LogP contribution in [0.15, 0.2) is 53.3 Å². The van der Waals surface area contributed by atoms with Crippen LogP contribution in [-0.2, 0) is 17.7 Å². The van der Waals surface area contributed by atoms with E-state index >= 15 is 0 Å². The molecule has 1 aliphatic heterocycles. The van der Waals surface area contributed by atoms with Gasteiger partial charge in [0.1, 0.15) is 0 Å². The predicted octanol–water partition coefficient (Wildman–Crippen LogP) is 3.21. The standard InChI is InChI=1S/C22H23N3O3S/c26-20(23-11-10-15-5-2-1-3-6-15)16-8-9-18-19(13-16)24-22(29)25(21(18)27)14-17-7-4-12-28-17/h1-3,5-6,8-9,13,17H,4,7,10-12,14H2,(H,23,26)(H,24,29). The molecule has 7 heteroatoms. The van der Waals surface area contributed by atoms with E-state index in [1.165, 1.54) is 5.56 Å². The molecule has 1 fully saturated rings. The summed E-state index contributed by atoms with van der Waals surface area (Å²) in [5, 5.41) is 3.43. The van der Waals surface area contributed by atoms with Gasteiger partial charge in [-0.05, 0) is 55.2 Å². The maximum absolute atomic E-state index is 12.9. The molecule has 0 aliphatic carbocycles. The molecule has 0 bridgehead atoms. The summed E-state index contributed by atoms with van der Waals surface area (Å²) in [4.78, 5) is 28.5. The quantitative estimate of drug-likeness (QED) is 0.613. The number of H-pyrrole nitrogens is 1. The van der Waals surface area contributed by atoms with E-state index in [-0.39, 0.29) is 17.6 Å². The first kappa shape index (κ1) is 19.5. The highest BCUT2D eigenvalue weighted by molar-refractivity contribution is 7.71. The molecular formula is C22H23N3O3S. The maximum atomic E-state index is 12.9. The molecule has 1 aliphatic rings. The van der Waals surface area contributed by atoms with E-state index < -0.39 is 0 Å². The minimum absolute atomic E-state index is 0.0231. The van der Waals surface area contributed by atoms with Gasteiger partial charge in [0.25, 0.3) is 11.5 Å². The zero-order chi connectivity index (χ0) is 20.2. The average Bonchev–Trinajstić information content (AvgIpc) is 3.25. The molecule has 0 spiro atoms. The second-order valence-corrected chi connectivity index (χ2v) is 7.62. The van der Waals surface area contributed by atoms with E-state index in [0.717, 1.165) is 25.9 Å². The van der Waals surface area contributed by atoms with Crippen molar-refractivity contribution in [1.29, 1.82) is 0 Å². The normalized spacial score (nSPS) is 16.2. The van der Waals surface area contributed by atoms with Crippen LogP contribution in [0.1, 0.15) is 28.8 Å². The number of benzene rings is 2. The van der Waals surface area contributed by atoms with Crippen LogP contribution < -0.4 is 10.9 Å². The summed E-state index contributed by atoms with van der Waals surface area (Å²) in [6.45, 7) is 1.72. The molecule has 0 radical (unpaired) electrons. The third-order valence-electron chi connectivity index (χ3n) is 5.20. The Morgan fingerprint density at radius 1 is 1.24 bits per heavy atom. The highest BCUT2D eigenvalue weighted by Gasteiger charge is 2.18. The zero-order valence-electron chi connectivity index (χ0n) is 16.0. The molecule has 1 aromatic heterocycles. The highest BCUT2D eigenvalue weighted by Crippen LogP contribution is 2.15. The van der Waals surface area contributed by atoms with Gasteiger partial charge >= 0.3 is 0 Å². The second kappa shape index (κ2) is 8.71. The number of aromatic amines is 1. The topological polar surface area (TPSA) is 76.1 Å². The van der Waals surface area contributed by atoms with Crippen molar-refractivity contribution in [2.75, 3.05) is 13.2 Å². The van der Waals surface area contributed by atoms with Gasteiger partial charge in [0.05, 0.1) is 23.6 Å². The lowest BCUT2D eigenvalue weighted by molar-refractivity contribution is 0.0953. The van der Waals surface area contributed by atoms with Crippen molar-refractivity contribution in [3.8, 4) is 0 Å². The molecule has 4 rings (SSSR count). The van der Waals surface area contributed by atoms with E-state index in [1.54, 1.807) is 22.8 Å². The first-order valence-electron chi connectivity index (χ1n) is 9.82. The van der Waals surface area contributed by atoms with Crippen molar-refractivity contribution in [3.05, 3.63) is 74.8 Å². The summed E-state index contributed by atoms with van der Waals surface area (Å²) in [5.41, 5.74) is 2.07. The summed E-state index contributed by atoms with van der Waals surface area (Å²) in [5.74, 6) is -0.175. The second-order valence-electron chi connectivity index (χ2n) is 7.23. The molecule has 2 aromatic carbocycles. The fourth-order valence-electron chi connectivity index (χ4n) is 3.62. The molecule has 6 nitrogen and oxygen atoms in total. The van der Waals surface area contributed by atoms with E-state index in [9.17, 15) is 9.59 Å². The molecule has 150 valence electrons. The van der Waals surface area contributed by atoms with Crippen molar-refractivity contribution in [2.45, 2.75) is 31.9 Å². The van der Waals surface area contributed by atoms with Crippen LogP contribution in [0, 0.1) is 4.77 Å². The number of hydrogen-bond acceptors (Lipinski definition) is 4. The van der Waals surface area contributed by atoms with Crippen molar-refractivity contribution < 1.29 is 9.53 Å². The van der Waals surface area contributed by atoms with Crippen LogP contribution in [0.25, 0.3) is 10.9 Å². The fourth-order valence-corrected chi connectivity index (χ4v) is 3.89. The number of hydrogen-bond donors (Lipinski definition) is 2. The monoisotopic (exact) mass is 409 g/mol. The van der Waals surface area contributed by atoms with Crippen LogP contribution in [0.5, 0.6) is 0 Å². The summed E-state index contributed by atoms with van der Waals surface area (Å²) < 4.78 is 7.52. The number of amides is 1.